The molecule has 1 amide bonds. The van der Waals surface area contributed by atoms with Crippen LogP contribution in [0.3, 0.4) is 0 Å². The fraction of sp³-hybridized carbons (Fsp3) is 0.333. The van der Waals surface area contributed by atoms with Crippen LogP contribution in [0.1, 0.15) is 18.5 Å². The van der Waals surface area contributed by atoms with Gasteiger partial charge in [0.2, 0.25) is 5.91 Å². The third kappa shape index (κ3) is 3.58. The minimum absolute atomic E-state index is 0.159. The minimum atomic E-state index is -0.896. The number of halogens is 1. The van der Waals surface area contributed by atoms with Gasteiger partial charge in [0.15, 0.2) is 0 Å². The molecule has 0 bridgehead atoms. The van der Waals surface area contributed by atoms with Crippen molar-refractivity contribution in [3.05, 3.63) is 47.6 Å². The molecule has 4 heterocycles. The summed E-state index contributed by atoms with van der Waals surface area (Å²) in [5.74, 6) is 0.711. The molecular formula is C18H20ClN7O. The van der Waals surface area contributed by atoms with Gasteiger partial charge in [0.25, 0.3) is 0 Å². The summed E-state index contributed by atoms with van der Waals surface area (Å²) in [5, 5.41) is 4.43. The van der Waals surface area contributed by atoms with Gasteiger partial charge in [0.05, 0.1) is 28.2 Å². The molecule has 0 saturated carbocycles. The quantitative estimate of drug-likeness (QED) is 0.629. The normalized spacial score (nSPS) is 16.4. The lowest BCUT2D eigenvalue weighted by Crippen LogP contribution is -2.59. The van der Waals surface area contributed by atoms with Gasteiger partial charge >= 0.3 is 0 Å². The highest BCUT2D eigenvalue weighted by Crippen LogP contribution is 2.28. The second-order valence-electron chi connectivity index (χ2n) is 6.73. The highest BCUT2D eigenvalue weighted by molar-refractivity contribution is 6.30. The van der Waals surface area contributed by atoms with Crippen LogP contribution in [0.15, 0.2) is 36.9 Å². The Labute approximate surface area is 161 Å². The standard InChI is InChI=1S/C18H20ClN7O/c19-12-1-2-13(22-9-12)10-23-17(27)18(20)4-7-26(8-5-18)16-14-3-6-21-15(14)24-11-25-16/h1-3,6,9,11H,4-5,7-8,10,20H2,(H,23,27)(H,21,24,25). The highest BCUT2D eigenvalue weighted by Gasteiger charge is 2.38. The number of aromatic nitrogens is 4. The van der Waals surface area contributed by atoms with Crippen molar-refractivity contribution < 1.29 is 4.79 Å². The van der Waals surface area contributed by atoms with Crippen LogP contribution in [0.4, 0.5) is 5.82 Å². The molecule has 4 rings (SSSR count). The Balaban J connectivity index is 1.39. The third-order valence-electron chi connectivity index (χ3n) is 4.96. The second kappa shape index (κ2) is 7.13. The largest absolute Gasteiger partial charge is 0.356 e. The van der Waals surface area contributed by atoms with Gasteiger partial charge < -0.3 is 20.9 Å². The summed E-state index contributed by atoms with van der Waals surface area (Å²) in [6, 6.07) is 5.49. The number of anilines is 1. The first-order valence-electron chi connectivity index (χ1n) is 8.76. The summed E-state index contributed by atoms with van der Waals surface area (Å²) < 4.78 is 0. The third-order valence-corrected chi connectivity index (χ3v) is 5.18. The maximum atomic E-state index is 12.6. The van der Waals surface area contributed by atoms with Crippen LogP contribution in [0.25, 0.3) is 11.0 Å². The highest BCUT2D eigenvalue weighted by atomic mass is 35.5. The van der Waals surface area contributed by atoms with Gasteiger partial charge in [-0.1, -0.05) is 11.6 Å². The van der Waals surface area contributed by atoms with Gasteiger partial charge in [-0.3, -0.25) is 9.78 Å². The van der Waals surface area contributed by atoms with Gasteiger partial charge in [-0.25, -0.2) is 9.97 Å². The van der Waals surface area contributed by atoms with Crippen molar-refractivity contribution in [2.45, 2.75) is 24.9 Å². The molecule has 0 aromatic carbocycles. The van der Waals surface area contributed by atoms with Crippen molar-refractivity contribution in [1.29, 1.82) is 0 Å². The first-order chi connectivity index (χ1) is 13.0. The van der Waals surface area contributed by atoms with Gasteiger partial charge in [-0.2, -0.15) is 0 Å². The number of fused-ring (bicyclic) bond motifs is 1. The first-order valence-corrected chi connectivity index (χ1v) is 9.14. The monoisotopic (exact) mass is 385 g/mol. The molecule has 140 valence electrons. The summed E-state index contributed by atoms with van der Waals surface area (Å²) in [7, 11) is 0. The Bertz CT molecular complexity index is 948. The van der Waals surface area contributed by atoms with E-state index in [0.29, 0.717) is 37.5 Å². The molecule has 4 N–H and O–H groups in total. The van der Waals surface area contributed by atoms with Gasteiger partial charge in [0.1, 0.15) is 17.8 Å². The summed E-state index contributed by atoms with van der Waals surface area (Å²) >= 11 is 5.83. The number of nitrogens with two attached hydrogens (primary N) is 1. The minimum Gasteiger partial charge on any atom is -0.356 e. The van der Waals surface area contributed by atoms with E-state index in [9.17, 15) is 4.79 Å². The number of nitrogens with one attached hydrogen (secondary N) is 2. The van der Waals surface area contributed by atoms with Crippen LogP contribution in [0.2, 0.25) is 5.02 Å². The van der Waals surface area contributed by atoms with Gasteiger partial charge in [-0.15, -0.1) is 0 Å². The molecule has 3 aromatic rings. The number of hydrogen-bond acceptors (Lipinski definition) is 6. The lowest BCUT2D eigenvalue weighted by Gasteiger charge is -2.38. The van der Waals surface area contributed by atoms with Crippen LogP contribution in [0, 0.1) is 0 Å². The zero-order valence-corrected chi connectivity index (χ0v) is 15.4. The molecule has 1 fully saturated rings. The molecule has 8 nitrogen and oxygen atoms in total. The number of H-pyrrole nitrogens is 1. The van der Waals surface area contributed by atoms with E-state index in [1.807, 2.05) is 12.3 Å². The van der Waals surface area contributed by atoms with Gasteiger partial charge in [-0.05, 0) is 31.0 Å². The molecular weight excluding hydrogens is 366 g/mol. The molecule has 0 aliphatic carbocycles. The van der Waals surface area contributed by atoms with E-state index in [1.54, 1.807) is 24.7 Å². The number of nitrogens with zero attached hydrogens (tertiary/aromatic N) is 4. The first kappa shape index (κ1) is 17.7. The zero-order chi connectivity index (χ0) is 18.9. The Morgan fingerprint density at radius 2 is 2.07 bits per heavy atom. The molecule has 1 aliphatic rings. The number of rotatable bonds is 4. The number of carbonyl (C=O) groups excluding carboxylic acids is 1. The van der Waals surface area contributed by atoms with Crippen LogP contribution >= 0.6 is 11.6 Å². The van der Waals surface area contributed by atoms with Crippen LogP contribution in [-0.2, 0) is 11.3 Å². The fourth-order valence-electron chi connectivity index (χ4n) is 3.31. The molecule has 0 unspecified atom stereocenters. The van der Waals surface area contributed by atoms with Crippen molar-refractivity contribution in [2.24, 2.45) is 5.73 Å². The number of amides is 1. The molecule has 3 aromatic heterocycles. The number of carbonyl (C=O) groups is 1. The van der Waals surface area contributed by atoms with Crippen molar-refractivity contribution in [2.75, 3.05) is 18.0 Å². The number of hydrogen-bond donors (Lipinski definition) is 3. The van der Waals surface area contributed by atoms with E-state index in [1.165, 1.54) is 0 Å². The lowest BCUT2D eigenvalue weighted by molar-refractivity contribution is -0.127. The predicted octanol–water partition coefficient (Wildman–Crippen LogP) is 1.62. The zero-order valence-electron chi connectivity index (χ0n) is 14.7. The second-order valence-corrected chi connectivity index (χ2v) is 7.17. The molecule has 27 heavy (non-hydrogen) atoms. The Kier molecular flexibility index (Phi) is 4.67. The van der Waals surface area contributed by atoms with E-state index in [0.717, 1.165) is 22.5 Å². The van der Waals surface area contributed by atoms with E-state index < -0.39 is 5.54 Å². The summed E-state index contributed by atoms with van der Waals surface area (Å²) in [5.41, 5.74) is 7.05. The van der Waals surface area contributed by atoms with E-state index in [2.05, 4.69) is 30.2 Å². The van der Waals surface area contributed by atoms with E-state index in [-0.39, 0.29) is 5.91 Å². The topological polar surface area (TPSA) is 113 Å². The maximum Gasteiger partial charge on any atom is 0.240 e. The Morgan fingerprint density at radius 1 is 1.26 bits per heavy atom. The Hall–Kier alpha value is -2.71. The molecule has 9 heteroatoms. The maximum absolute atomic E-state index is 12.6. The fourth-order valence-corrected chi connectivity index (χ4v) is 3.42. The predicted molar refractivity (Wildman–Crippen MR) is 103 cm³/mol. The smallest absolute Gasteiger partial charge is 0.240 e. The van der Waals surface area contributed by atoms with Crippen LogP contribution in [0.5, 0.6) is 0 Å². The molecule has 0 atom stereocenters. The average molecular weight is 386 g/mol. The van der Waals surface area contributed by atoms with Crippen LogP contribution < -0.4 is 16.0 Å². The molecule has 0 spiro atoms. The SMILES string of the molecule is NC1(C(=O)NCc2ccc(Cl)cn2)CCN(c2ncnc3[nH]ccc23)CC1. The van der Waals surface area contributed by atoms with Crippen molar-refractivity contribution in [1.82, 2.24) is 25.3 Å². The van der Waals surface area contributed by atoms with Crippen molar-refractivity contribution >= 4 is 34.4 Å². The number of aromatic amines is 1. The van der Waals surface area contributed by atoms with Crippen LogP contribution in [-0.4, -0.2) is 44.5 Å². The average Bonchev–Trinajstić information content (AvgIpc) is 3.17. The molecule has 1 saturated heterocycles. The number of pyridine rings is 1. The number of piperidine rings is 1. The molecule has 1 aliphatic heterocycles. The molecule has 0 radical (unpaired) electrons. The van der Waals surface area contributed by atoms with Crippen molar-refractivity contribution in [3.63, 3.8) is 0 Å². The lowest BCUT2D eigenvalue weighted by atomic mass is 9.87. The summed E-state index contributed by atoms with van der Waals surface area (Å²) in [6.45, 7) is 1.63. The summed E-state index contributed by atoms with van der Waals surface area (Å²) in [4.78, 5) is 30.7. The van der Waals surface area contributed by atoms with E-state index >= 15 is 0 Å². The van der Waals surface area contributed by atoms with Crippen molar-refractivity contribution in [3.8, 4) is 0 Å². The van der Waals surface area contributed by atoms with E-state index in [4.69, 9.17) is 17.3 Å². The van der Waals surface area contributed by atoms with Gasteiger partial charge in [0, 0.05) is 25.5 Å². The Morgan fingerprint density at radius 3 is 2.81 bits per heavy atom. The summed E-state index contributed by atoms with van der Waals surface area (Å²) in [6.07, 6.45) is 6.04.